The van der Waals surface area contributed by atoms with Crippen molar-refractivity contribution in [3.05, 3.63) is 27.7 Å². The Hall–Kier alpha value is -2.03. The van der Waals surface area contributed by atoms with E-state index in [1.165, 1.54) is 6.92 Å². The zero-order valence-corrected chi connectivity index (χ0v) is 9.84. The third kappa shape index (κ3) is 3.98. The van der Waals surface area contributed by atoms with Gasteiger partial charge < -0.3 is 20.2 Å². The lowest BCUT2D eigenvalue weighted by Gasteiger charge is -2.12. The third-order valence-corrected chi connectivity index (χ3v) is 2.02. The number of esters is 1. The van der Waals surface area contributed by atoms with Crippen LogP contribution < -0.4 is 16.0 Å². The predicted molar refractivity (Wildman–Crippen MR) is 57.6 cm³/mol. The van der Waals surface area contributed by atoms with Crippen molar-refractivity contribution >= 4 is 5.97 Å². The molecule has 1 rings (SSSR count). The number of alkyl halides is 3. The Kier molecular flexibility index (Phi) is 4.54. The summed E-state index contributed by atoms with van der Waals surface area (Å²) in [7, 11) is 0. The summed E-state index contributed by atoms with van der Waals surface area (Å²) in [5, 5.41) is 0. The Morgan fingerprint density at radius 3 is 2.58 bits per heavy atom. The molecule has 1 aromatic heterocycles. The van der Waals surface area contributed by atoms with Crippen LogP contribution >= 0.6 is 0 Å². The molecule has 19 heavy (non-hydrogen) atoms. The number of carbonyl (C=O) groups excluding carboxylic acids is 1. The summed E-state index contributed by atoms with van der Waals surface area (Å²) in [6, 6.07) is 0.731. The molecule has 0 amide bonds. The lowest BCUT2D eigenvalue weighted by molar-refractivity contribution is -0.275. The fourth-order valence-electron chi connectivity index (χ4n) is 1.29. The van der Waals surface area contributed by atoms with Crippen LogP contribution in [-0.4, -0.2) is 23.9 Å². The lowest BCUT2D eigenvalue weighted by atomic mass is 10.2. The maximum atomic E-state index is 12.2. The van der Waals surface area contributed by atoms with E-state index in [9.17, 15) is 22.8 Å². The Morgan fingerprint density at radius 1 is 1.47 bits per heavy atom. The van der Waals surface area contributed by atoms with Crippen LogP contribution in [0.25, 0.3) is 0 Å². The zero-order valence-electron chi connectivity index (χ0n) is 9.84. The van der Waals surface area contributed by atoms with Gasteiger partial charge in [-0.25, -0.2) is 4.79 Å². The van der Waals surface area contributed by atoms with Gasteiger partial charge in [0.05, 0.1) is 12.2 Å². The SMILES string of the molecule is CCOC(=O)c1cc(OC(F)(F)F)c(CN)c(=O)[nH]1. The fraction of sp³-hybridized carbons (Fsp3) is 0.400. The third-order valence-electron chi connectivity index (χ3n) is 2.02. The molecule has 0 aliphatic carbocycles. The van der Waals surface area contributed by atoms with Crippen molar-refractivity contribution < 1.29 is 27.4 Å². The quantitative estimate of drug-likeness (QED) is 0.799. The number of ether oxygens (including phenoxy) is 2. The molecule has 0 aromatic carbocycles. The van der Waals surface area contributed by atoms with Gasteiger partial charge in [-0.05, 0) is 6.92 Å². The van der Waals surface area contributed by atoms with Gasteiger partial charge in [0, 0.05) is 12.6 Å². The number of halogens is 3. The van der Waals surface area contributed by atoms with Gasteiger partial charge in [-0.1, -0.05) is 0 Å². The highest BCUT2D eigenvalue weighted by Gasteiger charge is 2.33. The van der Waals surface area contributed by atoms with Gasteiger partial charge in [0.25, 0.3) is 5.56 Å². The molecule has 0 spiro atoms. The minimum atomic E-state index is -5.00. The van der Waals surface area contributed by atoms with Crippen LogP contribution in [0.5, 0.6) is 5.75 Å². The van der Waals surface area contributed by atoms with Gasteiger partial charge in [-0.3, -0.25) is 4.79 Å². The Balaban J connectivity index is 3.26. The van der Waals surface area contributed by atoms with Crippen molar-refractivity contribution in [2.75, 3.05) is 6.61 Å². The standard InChI is InChI=1S/C10H11F3N2O4/c1-2-18-9(17)6-3-7(19-10(11,12)13)5(4-14)8(16)15-6/h3H,2,4,14H2,1H3,(H,15,16). The molecule has 0 radical (unpaired) electrons. The minimum Gasteiger partial charge on any atom is -0.461 e. The highest BCUT2D eigenvalue weighted by Crippen LogP contribution is 2.25. The van der Waals surface area contributed by atoms with Crippen molar-refractivity contribution in [1.82, 2.24) is 4.98 Å². The van der Waals surface area contributed by atoms with E-state index in [2.05, 4.69) is 14.5 Å². The van der Waals surface area contributed by atoms with Crippen molar-refractivity contribution in [2.24, 2.45) is 5.73 Å². The molecule has 0 fully saturated rings. The monoisotopic (exact) mass is 280 g/mol. The largest absolute Gasteiger partial charge is 0.573 e. The normalized spacial score (nSPS) is 11.2. The molecule has 1 heterocycles. The van der Waals surface area contributed by atoms with E-state index in [1.807, 2.05) is 0 Å². The van der Waals surface area contributed by atoms with Crippen LogP contribution in [0.15, 0.2) is 10.9 Å². The second-order valence-electron chi connectivity index (χ2n) is 3.33. The first-order chi connectivity index (χ1) is 8.78. The second kappa shape index (κ2) is 5.74. The van der Waals surface area contributed by atoms with Gasteiger partial charge in [-0.2, -0.15) is 0 Å². The number of aromatic amines is 1. The Bertz CT molecular complexity index is 524. The van der Waals surface area contributed by atoms with E-state index in [0.717, 1.165) is 6.07 Å². The number of rotatable bonds is 4. The number of hydrogen-bond acceptors (Lipinski definition) is 5. The summed E-state index contributed by atoms with van der Waals surface area (Å²) in [5.74, 6) is -1.78. The van der Waals surface area contributed by atoms with Crippen LogP contribution in [0.2, 0.25) is 0 Å². The number of hydrogen-bond donors (Lipinski definition) is 2. The topological polar surface area (TPSA) is 94.4 Å². The Labute approximate surface area is 105 Å². The Morgan fingerprint density at radius 2 is 2.11 bits per heavy atom. The molecule has 9 heteroatoms. The maximum absolute atomic E-state index is 12.2. The number of carbonyl (C=O) groups is 1. The van der Waals surface area contributed by atoms with Crippen LogP contribution in [0, 0.1) is 0 Å². The van der Waals surface area contributed by atoms with E-state index >= 15 is 0 Å². The molecule has 0 unspecified atom stereocenters. The summed E-state index contributed by atoms with van der Waals surface area (Å²) in [6.45, 7) is 1.05. The molecular weight excluding hydrogens is 269 g/mol. The van der Waals surface area contributed by atoms with E-state index in [4.69, 9.17) is 5.73 Å². The first kappa shape index (κ1) is 15.0. The highest BCUT2D eigenvalue weighted by molar-refractivity contribution is 5.87. The molecule has 0 aliphatic rings. The molecule has 106 valence electrons. The maximum Gasteiger partial charge on any atom is 0.573 e. The van der Waals surface area contributed by atoms with E-state index < -0.39 is 41.4 Å². The van der Waals surface area contributed by atoms with Crippen molar-refractivity contribution in [2.45, 2.75) is 19.8 Å². The summed E-state index contributed by atoms with van der Waals surface area (Å²) in [4.78, 5) is 24.9. The van der Waals surface area contributed by atoms with Gasteiger partial charge in [0.1, 0.15) is 11.4 Å². The lowest BCUT2D eigenvalue weighted by Crippen LogP contribution is -2.25. The number of nitrogens with two attached hydrogens (primary N) is 1. The summed E-state index contributed by atoms with van der Waals surface area (Å²) in [5.41, 5.74) is 3.38. The number of H-pyrrole nitrogens is 1. The first-order valence-electron chi connectivity index (χ1n) is 5.17. The second-order valence-corrected chi connectivity index (χ2v) is 3.33. The van der Waals surface area contributed by atoms with Crippen molar-refractivity contribution in [3.63, 3.8) is 0 Å². The predicted octanol–water partition coefficient (Wildman–Crippen LogP) is 0.909. The molecule has 0 saturated heterocycles. The fourth-order valence-corrected chi connectivity index (χ4v) is 1.29. The average molecular weight is 280 g/mol. The molecule has 6 nitrogen and oxygen atoms in total. The first-order valence-corrected chi connectivity index (χ1v) is 5.17. The zero-order chi connectivity index (χ0) is 14.6. The van der Waals surface area contributed by atoms with Crippen LogP contribution in [0.1, 0.15) is 23.0 Å². The highest BCUT2D eigenvalue weighted by atomic mass is 19.4. The van der Waals surface area contributed by atoms with Gasteiger partial charge >= 0.3 is 12.3 Å². The van der Waals surface area contributed by atoms with E-state index in [1.54, 1.807) is 0 Å². The molecule has 3 N–H and O–H groups in total. The van der Waals surface area contributed by atoms with Crippen LogP contribution in [0.3, 0.4) is 0 Å². The molecule has 0 aliphatic heterocycles. The van der Waals surface area contributed by atoms with Gasteiger partial charge in [0.15, 0.2) is 0 Å². The van der Waals surface area contributed by atoms with Crippen LogP contribution in [-0.2, 0) is 11.3 Å². The van der Waals surface area contributed by atoms with Gasteiger partial charge in [-0.15, -0.1) is 13.2 Å². The number of nitrogens with one attached hydrogen (secondary N) is 1. The average Bonchev–Trinajstić information content (AvgIpc) is 2.26. The van der Waals surface area contributed by atoms with E-state index in [-0.39, 0.29) is 6.61 Å². The smallest absolute Gasteiger partial charge is 0.461 e. The number of pyridine rings is 1. The summed E-state index contributed by atoms with van der Waals surface area (Å²) >= 11 is 0. The minimum absolute atomic E-state index is 0.00889. The molecule has 0 bridgehead atoms. The summed E-state index contributed by atoms with van der Waals surface area (Å²) < 4.78 is 44.8. The molecule has 1 aromatic rings. The van der Waals surface area contributed by atoms with Crippen molar-refractivity contribution in [1.29, 1.82) is 0 Å². The van der Waals surface area contributed by atoms with Gasteiger partial charge in [0.2, 0.25) is 0 Å². The van der Waals surface area contributed by atoms with Crippen molar-refractivity contribution in [3.8, 4) is 5.75 Å². The summed E-state index contributed by atoms with van der Waals surface area (Å²) in [6.07, 6.45) is -5.00. The molecule has 0 saturated carbocycles. The van der Waals surface area contributed by atoms with E-state index in [0.29, 0.717) is 0 Å². The molecule has 0 atom stereocenters. The molecular formula is C10H11F3N2O4. The van der Waals surface area contributed by atoms with Crippen LogP contribution in [0.4, 0.5) is 13.2 Å². The number of aromatic nitrogens is 1.